The van der Waals surface area contributed by atoms with Crippen molar-refractivity contribution in [1.82, 2.24) is 5.32 Å². The molecular weight excluding hydrogens is 316 g/mol. The van der Waals surface area contributed by atoms with E-state index < -0.39 is 0 Å². The number of hydrogen-bond acceptors (Lipinski definition) is 3. The Bertz CT molecular complexity index is 767. The van der Waals surface area contributed by atoms with Crippen LogP contribution in [0, 0.1) is 5.92 Å². The van der Waals surface area contributed by atoms with Gasteiger partial charge in [-0.15, -0.1) is 0 Å². The fourth-order valence-electron chi connectivity index (χ4n) is 2.68. The summed E-state index contributed by atoms with van der Waals surface area (Å²) in [6.45, 7) is 1.92. The van der Waals surface area contributed by atoms with Crippen molar-refractivity contribution >= 4 is 17.5 Å². The lowest BCUT2D eigenvalue weighted by molar-refractivity contribution is -0.117. The van der Waals surface area contributed by atoms with Crippen molar-refractivity contribution in [2.45, 2.75) is 25.8 Å². The first kappa shape index (κ1) is 17.0. The number of para-hydroxylation sites is 1. The van der Waals surface area contributed by atoms with Gasteiger partial charge >= 0.3 is 0 Å². The van der Waals surface area contributed by atoms with Gasteiger partial charge in [0.1, 0.15) is 5.75 Å². The number of anilines is 1. The molecule has 2 N–H and O–H groups in total. The first-order valence-electron chi connectivity index (χ1n) is 8.43. The summed E-state index contributed by atoms with van der Waals surface area (Å²) in [6.07, 6.45) is 1.93. The van der Waals surface area contributed by atoms with Crippen LogP contribution in [0.1, 0.15) is 41.7 Å². The van der Waals surface area contributed by atoms with Crippen LogP contribution in [0.15, 0.2) is 48.5 Å². The minimum atomic E-state index is -0.183. The molecule has 1 aliphatic carbocycles. The van der Waals surface area contributed by atoms with Gasteiger partial charge in [-0.3, -0.25) is 9.59 Å². The van der Waals surface area contributed by atoms with Crippen molar-refractivity contribution in [2.75, 3.05) is 12.4 Å². The summed E-state index contributed by atoms with van der Waals surface area (Å²) in [6, 6.07) is 14.4. The highest BCUT2D eigenvalue weighted by atomic mass is 16.5. The third-order valence-corrected chi connectivity index (χ3v) is 4.32. The van der Waals surface area contributed by atoms with E-state index in [1.165, 1.54) is 0 Å². The number of amides is 2. The van der Waals surface area contributed by atoms with Crippen LogP contribution >= 0.6 is 0 Å². The van der Waals surface area contributed by atoms with Crippen LogP contribution in [-0.4, -0.2) is 18.9 Å². The Morgan fingerprint density at radius 2 is 1.76 bits per heavy atom. The predicted molar refractivity (Wildman–Crippen MR) is 96.7 cm³/mol. The maximum absolute atomic E-state index is 12.4. The minimum Gasteiger partial charge on any atom is -0.496 e. The van der Waals surface area contributed by atoms with Gasteiger partial charge in [-0.1, -0.05) is 18.2 Å². The van der Waals surface area contributed by atoms with Crippen molar-refractivity contribution in [3.05, 3.63) is 59.7 Å². The molecule has 0 radical (unpaired) electrons. The Labute approximate surface area is 147 Å². The van der Waals surface area contributed by atoms with E-state index in [4.69, 9.17) is 4.74 Å². The lowest BCUT2D eigenvalue weighted by Crippen LogP contribution is -2.27. The number of benzene rings is 2. The van der Waals surface area contributed by atoms with Crippen molar-refractivity contribution < 1.29 is 14.3 Å². The standard InChI is InChI=1S/C20H22N2O3/c1-13(17-5-3-4-6-18(17)25-2)21-19(23)15-9-11-16(12-10-15)22-20(24)14-7-8-14/h3-6,9-14H,7-8H2,1-2H3,(H,21,23)(H,22,24)/t13-/m0/s1. The largest absolute Gasteiger partial charge is 0.496 e. The van der Waals surface area contributed by atoms with E-state index in [0.29, 0.717) is 11.3 Å². The lowest BCUT2D eigenvalue weighted by atomic mass is 10.1. The zero-order chi connectivity index (χ0) is 17.8. The quantitative estimate of drug-likeness (QED) is 0.846. The Kier molecular flexibility index (Phi) is 5.03. The molecule has 1 aliphatic rings. The summed E-state index contributed by atoms with van der Waals surface area (Å²) in [5, 5.41) is 5.83. The van der Waals surface area contributed by atoms with E-state index in [9.17, 15) is 9.59 Å². The highest BCUT2D eigenvalue weighted by Crippen LogP contribution is 2.30. The lowest BCUT2D eigenvalue weighted by Gasteiger charge is -2.17. The smallest absolute Gasteiger partial charge is 0.251 e. The molecule has 130 valence electrons. The van der Waals surface area contributed by atoms with Crippen LogP contribution < -0.4 is 15.4 Å². The van der Waals surface area contributed by atoms with E-state index in [0.717, 1.165) is 24.2 Å². The van der Waals surface area contributed by atoms with Crippen molar-refractivity contribution in [2.24, 2.45) is 5.92 Å². The summed E-state index contributed by atoms with van der Waals surface area (Å²) in [7, 11) is 1.61. The van der Waals surface area contributed by atoms with Crippen molar-refractivity contribution in [3.8, 4) is 5.75 Å². The molecular formula is C20H22N2O3. The molecule has 1 saturated carbocycles. The van der Waals surface area contributed by atoms with E-state index >= 15 is 0 Å². The van der Waals surface area contributed by atoms with Crippen molar-refractivity contribution in [3.63, 3.8) is 0 Å². The van der Waals surface area contributed by atoms with Crippen LogP contribution in [-0.2, 0) is 4.79 Å². The van der Waals surface area contributed by atoms with Gasteiger partial charge in [-0.05, 0) is 50.1 Å². The van der Waals surface area contributed by atoms with Crippen molar-refractivity contribution in [1.29, 1.82) is 0 Å². The van der Waals surface area contributed by atoms with Crippen LogP contribution in [0.2, 0.25) is 0 Å². The number of methoxy groups -OCH3 is 1. The van der Waals surface area contributed by atoms with Gasteiger partial charge in [0, 0.05) is 22.7 Å². The molecule has 5 nitrogen and oxygen atoms in total. The molecule has 25 heavy (non-hydrogen) atoms. The van der Waals surface area contributed by atoms with Gasteiger partial charge in [0.2, 0.25) is 5.91 Å². The van der Waals surface area contributed by atoms with Gasteiger partial charge in [0.25, 0.3) is 5.91 Å². The Balaban J connectivity index is 1.63. The summed E-state index contributed by atoms with van der Waals surface area (Å²) in [4.78, 5) is 24.2. The number of carbonyl (C=O) groups excluding carboxylic acids is 2. The van der Waals surface area contributed by atoms with Gasteiger partial charge in [0.05, 0.1) is 13.2 Å². The number of carbonyl (C=O) groups is 2. The molecule has 0 spiro atoms. The molecule has 0 aromatic heterocycles. The normalized spacial score (nSPS) is 14.5. The third kappa shape index (κ3) is 4.18. The summed E-state index contributed by atoms with van der Waals surface area (Å²) >= 11 is 0. The maximum Gasteiger partial charge on any atom is 0.251 e. The van der Waals surface area contributed by atoms with Crippen LogP contribution in [0.25, 0.3) is 0 Å². The molecule has 5 heteroatoms. The third-order valence-electron chi connectivity index (χ3n) is 4.32. The van der Waals surface area contributed by atoms with Gasteiger partial charge < -0.3 is 15.4 Å². The summed E-state index contributed by atoms with van der Waals surface area (Å²) < 4.78 is 5.34. The monoisotopic (exact) mass is 338 g/mol. The number of hydrogen-bond donors (Lipinski definition) is 2. The average Bonchev–Trinajstić information content (AvgIpc) is 3.47. The molecule has 2 aromatic carbocycles. The van der Waals surface area contributed by atoms with Crippen LogP contribution in [0.4, 0.5) is 5.69 Å². The number of nitrogens with one attached hydrogen (secondary N) is 2. The summed E-state index contributed by atoms with van der Waals surface area (Å²) in [5.41, 5.74) is 2.18. The second-order valence-corrected chi connectivity index (χ2v) is 6.28. The molecule has 1 atom stereocenters. The molecule has 0 heterocycles. The maximum atomic E-state index is 12.4. The van der Waals surface area contributed by atoms with E-state index in [-0.39, 0.29) is 23.8 Å². The molecule has 2 aromatic rings. The molecule has 0 bridgehead atoms. The first-order valence-corrected chi connectivity index (χ1v) is 8.43. The molecule has 1 fully saturated rings. The molecule has 0 unspecified atom stereocenters. The summed E-state index contributed by atoms with van der Waals surface area (Å²) in [5.74, 6) is 0.790. The van der Waals surface area contributed by atoms with Gasteiger partial charge in [0.15, 0.2) is 0 Å². The predicted octanol–water partition coefficient (Wildman–Crippen LogP) is 3.53. The second kappa shape index (κ2) is 7.38. The molecule has 3 rings (SSSR count). The van der Waals surface area contributed by atoms with Crippen LogP contribution in [0.5, 0.6) is 5.75 Å². The van der Waals surface area contributed by atoms with Gasteiger partial charge in [-0.25, -0.2) is 0 Å². The van der Waals surface area contributed by atoms with Crippen LogP contribution in [0.3, 0.4) is 0 Å². The second-order valence-electron chi connectivity index (χ2n) is 6.28. The molecule has 2 amide bonds. The molecule has 0 saturated heterocycles. The fourth-order valence-corrected chi connectivity index (χ4v) is 2.68. The van der Waals surface area contributed by atoms with E-state index in [1.807, 2.05) is 31.2 Å². The topological polar surface area (TPSA) is 67.4 Å². The SMILES string of the molecule is COc1ccccc1[C@H](C)NC(=O)c1ccc(NC(=O)C2CC2)cc1. The highest BCUT2D eigenvalue weighted by Gasteiger charge is 2.29. The Hall–Kier alpha value is -2.82. The number of rotatable bonds is 6. The minimum absolute atomic E-state index is 0.0574. The zero-order valence-electron chi connectivity index (χ0n) is 14.4. The Morgan fingerprint density at radius 1 is 1.08 bits per heavy atom. The van der Waals surface area contributed by atoms with E-state index in [2.05, 4.69) is 10.6 Å². The first-order chi connectivity index (χ1) is 12.1. The van der Waals surface area contributed by atoms with Gasteiger partial charge in [-0.2, -0.15) is 0 Å². The zero-order valence-corrected chi connectivity index (χ0v) is 14.4. The highest BCUT2D eigenvalue weighted by molar-refractivity contribution is 5.97. The number of ether oxygens (including phenoxy) is 1. The van der Waals surface area contributed by atoms with E-state index in [1.54, 1.807) is 31.4 Å². The Morgan fingerprint density at radius 3 is 2.40 bits per heavy atom. The molecule has 0 aliphatic heterocycles. The fraction of sp³-hybridized carbons (Fsp3) is 0.300. The average molecular weight is 338 g/mol.